The maximum Gasteiger partial charge on any atom is 0.326 e. The number of amides is 2. The smallest absolute Gasteiger partial charge is 0.326 e. The normalized spacial score (nSPS) is 15.9. The average molecular weight is 740 g/mol. The Kier molecular flexibility index (Phi) is 13.8. The molecule has 276 valence electrons. The van der Waals surface area contributed by atoms with Crippen molar-refractivity contribution in [2.24, 2.45) is 5.41 Å². The van der Waals surface area contributed by atoms with Crippen molar-refractivity contribution in [3.63, 3.8) is 0 Å². The zero-order valence-electron chi connectivity index (χ0n) is 29.7. The molecule has 3 aromatic rings. The zero-order valence-corrected chi connectivity index (χ0v) is 31.3. The molecule has 0 bridgehead atoms. The van der Waals surface area contributed by atoms with Crippen molar-refractivity contribution in [3.05, 3.63) is 72.3 Å². The summed E-state index contributed by atoms with van der Waals surface area (Å²) in [4.78, 5) is 41.1. The molecule has 0 aromatic heterocycles. The number of unbranched alkanes of at least 4 members (excludes halogenated alkanes) is 2. The molecule has 0 aliphatic carbocycles. The molecule has 2 atom stereocenters. The molecule has 13 heteroatoms. The average Bonchev–Trinajstić information content (AvgIpc) is 3.21. The topological polar surface area (TPSA) is 162 Å². The van der Waals surface area contributed by atoms with E-state index in [1.54, 1.807) is 6.92 Å². The van der Waals surface area contributed by atoms with Gasteiger partial charge >= 0.3 is 5.97 Å². The number of aromatic hydroxyl groups is 1. The molecule has 0 saturated carbocycles. The first-order valence-electron chi connectivity index (χ1n) is 17.4. The fraction of sp³-hybridized carbons (Fsp3) is 0.447. The molecule has 0 spiro atoms. The van der Waals surface area contributed by atoms with Gasteiger partial charge in [0.2, 0.25) is 5.91 Å². The number of carbonyl (C=O) groups is 3. The second-order valence-corrected chi connectivity index (χ2v) is 15.9. The van der Waals surface area contributed by atoms with Crippen molar-refractivity contribution in [2.45, 2.75) is 87.6 Å². The lowest BCUT2D eigenvalue weighted by Gasteiger charge is -2.37. The molecule has 4 rings (SSSR count). The largest absolute Gasteiger partial charge is 0.508 e. The van der Waals surface area contributed by atoms with Crippen LogP contribution in [0.5, 0.6) is 11.5 Å². The number of sulfone groups is 1. The number of carboxylic acids is 1. The van der Waals surface area contributed by atoms with E-state index in [1.807, 2.05) is 42.7 Å². The third-order valence-corrected chi connectivity index (χ3v) is 12.0. The highest BCUT2D eigenvalue weighted by molar-refractivity contribution is 7.98. The Morgan fingerprint density at radius 3 is 2.18 bits per heavy atom. The summed E-state index contributed by atoms with van der Waals surface area (Å²) in [7, 11) is -3.82. The number of benzene rings is 3. The number of aliphatic carboxylic acids is 1. The molecule has 3 aromatic carbocycles. The third kappa shape index (κ3) is 9.97. The number of carbonyl (C=O) groups excluding carboxylic acids is 2. The van der Waals surface area contributed by atoms with Crippen molar-refractivity contribution >= 4 is 50.8 Å². The number of hydrogen-bond acceptors (Lipinski definition) is 9. The predicted octanol–water partition coefficient (Wildman–Crippen LogP) is 6.62. The van der Waals surface area contributed by atoms with E-state index in [-0.39, 0.29) is 28.6 Å². The summed E-state index contributed by atoms with van der Waals surface area (Å²) in [6.45, 7) is 5.83. The van der Waals surface area contributed by atoms with Crippen LogP contribution in [0.4, 0.5) is 11.4 Å². The van der Waals surface area contributed by atoms with Crippen molar-refractivity contribution in [3.8, 4) is 11.5 Å². The highest BCUT2D eigenvalue weighted by Gasteiger charge is 2.42. The fourth-order valence-corrected chi connectivity index (χ4v) is 9.15. The van der Waals surface area contributed by atoms with E-state index in [2.05, 4.69) is 29.4 Å². The van der Waals surface area contributed by atoms with E-state index in [4.69, 9.17) is 4.74 Å². The molecule has 0 radical (unpaired) electrons. The summed E-state index contributed by atoms with van der Waals surface area (Å²) >= 11 is 1.36. The first-order valence-corrected chi connectivity index (χ1v) is 20.3. The monoisotopic (exact) mass is 739 g/mol. The molecule has 1 aliphatic heterocycles. The zero-order chi connectivity index (χ0) is 37.2. The number of hydrogen-bond donors (Lipinski definition) is 4. The van der Waals surface area contributed by atoms with Gasteiger partial charge in [0.15, 0.2) is 16.4 Å². The van der Waals surface area contributed by atoms with Crippen molar-refractivity contribution in [1.82, 2.24) is 10.6 Å². The minimum atomic E-state index is -3.82. The maximum absolute atomic E-state index is 14.4. The van der Waals surface area contributed by atoms with Crippen molar-refractivity contribution < 1.29 is 37.8 Å². The minimum absolute atomic E-state index is 0.00655. The van der Waals surface area contributed by atoms with Crippen LogP contribution in [0.2, 0.25) is 0 Å². The van der Waals surface area contributed by atoms with E-state index in [9.17, 15) is 33.0 Å². The van der Waals surface area contributed by atoms with Gasteiger partial charge in [-0.05, 0) is 61.4 Å². The molecule has 1 heterocycles. The number of para-hydroxylation sites is 1. The van der Waals surface area contributed by atoms with Gasteiger partial charge < -0.3 is 30.5 Å². The predicted molar refractivity (Wildman–Crippen MR) is 200 cm³/mol. The van der Waals surface area contributed by atoms with Crippen LogP contribution >= 0.6 is 11.8 Å². The van der Waals surface area contributed by atoms with Crippen LogP contribution in [0.3, 0.4) is 0 Å². The lowest BCUT2D eigenvalue weighted by Crippen LogP contribution is -2.47. The second kappa shape index (κ2) is 17.8. The van der Waals surface area contributed by atoms with Gasteiger partial charge in [0, 0.05) is 23.7 Å². The van der Waals surface area contributed by atoms with Crippen LogP contribution in [-0.2, 0) is 24.2 Å². The van der Waals surface area contributed by atoms with Crippen LogP contribution in [0, 0.1) is 5.41 Å². The van der Waals surface area contributed by atoms with E-state index in [0.29, 0.717) is 22.7 Å². The van der Waals surface area contributed by atoms with Crippen LogP contribution < -0.4 is 20.3 Å². The molecule has 4 N–H and O–H groups in total. The summed E-state index contributed by atoms with van der Waals surface area (Å²) in [6, 6.07) is 16.3. The number of fused-ring (bicyclic) bond motifs is 1. The van der Waals surface area contributed by atoms with Gasteiger partial charge in [-0.3, -0.25) is 9.59 Å². The Morgan fingerprint density at radius 2 is 1.61 bits per heavy atom. The van der Waals surface area contributed by atoms with Gasteiger partial charge in [-0.15, -0.1) is 11.8 Å². The van der Waals surface area contributed by atoms with Gasteiger partial charge in [0.25, 0.3) is 5.91 Å². The molecular formula is C38H49N3O8S2. The molecule has 1 aliphatic rings. The van der Waals surface area contributed by atoms with Gasteiger partial charge in [0.1, 0.15) is 23.6 Å². The molecule has 51 heavy (non-hydrogen) atoms. The number of thioether (sulfide) groups is 1. The van der Waals surface area contributed by atoms with Crippen LogP contribution in [0.25, 0.3) is 0 Å². The maximum atomic E-state index is 14.4. The van der Waals surface area contributed by atoms with Gasteiger partial charge in [-0.25, -0.2) is 13.2 Å². The first-order chi connectivity index (χ1) is 24.4. The number of nitrogens with one attached hydrogen (secondary N) is 2. The highest BCUT2D eigenvalue weighted by Crippen LogP contribution is 2.47. The number of anilines is 2. The molecule has 2 amide bonds. The third-order valence-electron chi connectivity index (χ3n) is 9.23. The van der Waals surface area contributed by atoms with Gasteiger partial charge in [-0.2, -0.15) is 0 Å². The number of rotatable bonds is 17. The van der Waals surface area contributed by atoms with Crippen molar-refractivity contribution in [1.29, 1.82) is 0 Å². The summed E-state index contributed by atoms with van der Waals surface area (Å²) in [5, 5.41) is 24.3. The number of phenols is 1. The summed E-state index contributed by atoms with van der Waals surface area (Å²) in [5.41, 5.74) is 1.29. The van der Waals surface area contributed by atoms with Crippen LogP contribution in [0.1, 0.15) is 77.3 Å². The standard InChI is InChI=1S/C38H49N3O8S2/c1-5-8-19-38(20-9-6-2)24-41(27-13-11-10-12-14-27)30-21-32(50-4)31(22-33(30)51(47,48)25-38)49-23-34(43)40-35(26-15-17-28(42)18-16-26)36(44)39-29(7-3)37(45)46/h10-18,21-22,29,35,42H,5-9,19-20,23-25H2,1-4H3,(H,39,44)(H,40,43)(H,45,46). The summed E-state index contributed by atoms with van der Waals surface area (Å²) in [5.74, 6) is -2.50. The first kappa shape index (κ1) is 39.6. The number of phenolic OH excluding ortho intramolecular Hbond substituents is 1. The van der Waals surface area contributed by atoms with Crippen LogP contribution in [0.15, 0.2) is 76.5 Å². The molecule has 2 unspecified atom stereocenters. The van der Waals surface area contributed by atoms with E-state index < -0.39 is 51.7 Å². The molecular weight excluding hydrogens is 691 g/mol. The molecule has 0 saturated heterocycles. The fourth-order valence-electron chi connectivity index (χ4n) is 6.49. The SMILES string of the molecule is CCCCC1(CCCC)CN(c2ccccc2)c2cc(SC)c(OCC(=O)NC(C(=O)NC(CC)C(=O)O)c3ccc(O)cc3)cc2S(=O)(=O)C1. The molecule has 11 nitrogen and oxygen atoms in total. The number of nitrogens with zero attached hydrogens (tertiary/aromatic N) is 1. The Bertz CT molecular complexity index is 1760. The van der Waals surface area contributed by atoms with Crippen molar-refractivity contribution in [2.75, 3.05) is 30.1 Å². The van der Waals surface area contributed by atoms with E-state index in [1.165, 1.54) is 42.1 Å². The summed E-state index contributed by atoms with van der Waals surface area (Å²) < 4.78 is 34.8. The Balaban J connectivity index is 1.68. The number of ether oxygens (including phenoxy) is 1. The number of carboxylic acid groups (broad SMARTS) is 1. The van der Waals surface area contributed by atoms with Crippen LogP contribution in [-0.4, -0.2) is 67.6 Å². The lowest BCUT2D eigenvalue weighted by atomic mass is 9.79. The van der Waals surface area contributed by atoms with Gasteiger partial charge in [0.05, 0.1) is 21.2 Å². The Labute approximate surface area is 305 Å². The van der Waals surface area contributed by atoms with E-state index >= 15 is 0 Å². The quantitative estimate of drug-likeness (QED) is 0.111. The Morgan fingerprint density at radius 1 is 0.961 bits per heavy atom. The highest BCUT2D eigenvalue weighted by atomic mass is 32.2. The minimum Gasteiger partial charge on any atom is -0.508 e. The molecule has 0 fully saturated rings. The van der Waals surface area contributed by atoms with E-state index in [0.717, 1.165) is 44.2 Å². The second-order valence-electron chi connectivity index (χ2n) is 13.0. The lowest BCUT2D eigenvalue weighted by molar-refractivity contribution is -0.142. The summed E-state index contributed by atoms with van der Waals surface area (Å²) in [6.07, 6.45) is 7.26. The van der Waals surface area contributed by atoms with Gasteiger partial charge in [-0.1, -0.05) is 76.8 Å². The Hall–Kier alpha value is -4.23.